The zero-order chi connectivity index (χ0) is 13.7. The van der Waals surface area contributed by atoms with E-state index < -0.39 is 11.6 Å². The molecule has 0 atom stereocenters. The molecule has 0 amide bonds. The van der Waals surface area contributed by atoms with Crippen LogP contribution in [-0.4, -0.2) is 23.4 Å². The lowest BCUT2D eigenvalue weighted by atomic mass is 10.2. The minimum atomic E-state index is -0.689. The molecule has 0 aliphatic rings. The summed E-state index contributed by atoms with van der Waals surface area (Å²) < 4.78 is 34.1. The molecule has 19 heavy (non-hydrogen) atoms. The van der Waals surface area contributed by atoms with Gasteiger partial charge in [0.05, 0.1) is 6.54 Å². The first-order valence-corrected chi connectivity index (χ1v) is 5.93. The molecule has 0 radical (unpaired) electrons. The van der Waals surface area contributed by atoms with Gasteiger partial charge in [0, 0.05) is 18.9 Å². The van der Waals surface area contributed by atoms with E-state index in [0.29, 0.717) is 18.7 Å². The first-order valence-electron chi connectivity index (χ1n) is 5.93. The van der Waals surface area contributed by atoms with Crippen LogP contribution in [0.3, 0.4) is 0 Å². The van der Waals surface area contributed by atoms with Crippen LogP contribution < -0.4 is 10.1 Å². The summed E-state index contributed by atoms with van der Waals surface area (Å²) in [5.41, 5.74) is 0.539. The smallest absolute Gasteiger partial charge is 0.190 e. The zero-order valence-electron chi connectivity index (χ0n) is 10.6. The summed E-state index contributed by atoms with van der Waals surface area (Å²) in [7, 11) is 1.71. The molecule has 0 aliphatic heterocycles. The topological polar surface area (TPSA) is 39.1 Å². The van der Waals surface area contributed by atoms with Crippen molar-refractivity contribution < 1.29 is 13.5 Å². The summed E-state index contributed by atoms with van der Waals surface area (Å²) in [6.07, 6.45) is 3.39. The van der Waals surface area contributed by atoms with Crippen molar-refractivity contribution in [2.75, 3.05) is 13.7 Å². The lowest BCUT2D eigenvalue weighted by Crippen LogP contribution is -2.11. The molecule has 102 valence electrons. The van der Waals surface area contributed by atoms with Crippen LogP contribution in [0.5, 0.6) is 5.75 Å². The first-order chi connectivity index (χ1) is 9.20. The third kappa shape index (κ3) is 3.51. The average Bonchev–Trinajstić information content (AvgIpc) is 2.86. The molecule has 0 bridgehead atoms. The molecule has 1 heterocycles. The van der Waals surface area contributed by atoms with Crippen LogP contribution in [0.4, 0.5) is 8.78 Å². The number of nitrogens with zero attached hydrogens (tertiary/aromatic N) is 2. The lowest BCUT2D eigenvalue weighted by molar-refractivity contribution is 0.264. The fourth-order valence-corrected chi connectivity index (χ4v) is 1.73. The highest BCUT2D eigenvalue weighted by Gasteiger charge is 2.12. The van der Waals surface area contributed by atoms with Crippen LogP contribution in [0.1, 0.15) is 5.56 Å². The average molecular weight is 267 g/mol. The van der Waals surface area contributed by atoms with Gasteiger partial charge in [0.2, 0.25) is 0 Å². The minimum Gasteiger partial charge on any atom is -0.486 e. The Morgan fingerprint density at radius 1 is 1.32 bits per heavy atom. The Morgan fingerprint density at radius 2 is 2.05 bits per heavy atom. The minimum absolute atomic E-state index is 0.154. The van der Waals surface area contributed by atoms with Gasteiger partial charge in [0.1, 0.15) is 6.61 Å². The van der Waals surface area contributed by atoms with E-state index in [1.54, 1.807) is 30.2 Å². The summed E-state index contributed by atoms with van der Waals surface area (Å²) in [4.78, 5) is 0. The molecule has 0 spiro atoms. The molecule has 4 nitrogen and oxygen atoms in total. The van der Waals surface area contributed by atoms with E-state index in [0.717, 1.165) is 0 Å². The van der Waals surface area contributed by atoms with Gasteiger partial charge in [-0.2, -0.15) is 5.10 Å². The number of benzene rings is 1. The molecule has 6 heteroatoms. The van der Waals surface area contributed by atoms with E-state index >= 15 is 0 Å². The Morgan fingerprint density at radius 3 is 2.63 bits per heavy atom. The maximum Gasteiger partial charge on any atom is 0.190 e. The largest absolute Gasteiger partial charge is 0.486 e. The van der Waals surface area contributed by atoms with Crippen LogP contribution in [0.25, 0.3) is 0 Å². The highest BCUT2D eigenvalue weighted by molar-refractivity contribution is 5.31. The number of hydrogen-bond donors (Lipinski definition) is 1. The quantitative estimate of drug-likeness (QED) is 0.869. The number of ether oxygens (including phenoxy) is 1. The molecular formula is C13H15F2N3O. The van der Waals surface area contributed by atoms with Gasteiger partial charge >= 0.3 is 0 Å². The van der Waals surface area contributed by atoms with E-state index in [4.69, 9.17) is 4.74 Å². The number of halogens is 2. The SMILES string of the molecule is CNCc1cc(F)c(OCCn2cccn2)c(F)c1. The Balaban J connectivity index is 1.99. The number of aromatic nitrogens is 2. The van der Waals surface area contributed by atoms with Gasteiger partial charge in [0.25, 0.3) is 0 Å². The van der Waals surface area contributed by atoms with Crippen molar-refractivity contribution >= 4 is 0 Å². The van der Waals surface area contributed by atoms with Gasteiger partial charge in [-0.05, 0) is 30.8 Å². The van der Waals surface area contributed by atoms with E-state index in [2.05, 4.69) is 10.4 Å². The predicted octanol–water partition coefficient (Wildman–Crippen LogP) is 1.96. The number of nitrogens with one attached hydrogen (secondary N) is 1. The van der Waals surface area contributed by atoms with Crippen molar-refractivity contribution in [1.29, 1.82) is 0 Å². The predicted molar refractivity (Wildman–Crippen MR) is 66.8 cm³/mol. The second-order valence-corrected chi connectivity index (χ2v) is 4.04. The summed E-state index contributed by atoms with van der Waals surface area (Å²) in [5.74, 6) is -1.72. The van der Waals surface area contributed by atoms with Gasteiger partial charge in [-0.25, -0.2) is 8.78 Å². The molecule has 2 rings (SSSR count). The van der Waals surface area contributed by atoms with Crippen LogP contribution >= 0.6 is 0 Å². The molecular weight excluding hydrogens is 252 g/mol. The molecule has 0 saturated carbocycles. The van der Waals surface area contributed by atoms with E-state index in [1.807, 2.05) is 0 Å². The second kappa shape index (κ2) is 6.29. The third-order valence-corrected chi connectivity index (χ3v) is 2.56. The van der Waals surface area contributed by atoms with Crippen LogP contribution in [-0.2, 0) is 13.1 Å². The van der Waals surface area contributed by atoms with Gasteiger partial charge in [-0.3, -0.25) is 4.68 Å². The Labute approximate surface area is 110 Å². The summed E-state index contributed by atoms with van der Waals surface area (Å²) in [6.45, 7) is 0.993. The standard InChI is InChI=1S/C13H15F2N3O/c1-16-9-10-7-11(14)13(12(15)8-10)19-6-5-18-4-2-3-17-18/h2-4,7-8,16H,5-6,9H2,1H3. The fraction of sp³-hybridized carbons (Fsp3) is 0.308. The van der Waals surface area contributed by atoms with Crippen molar-refractivity contribution in [2.24, 2.45) is 0 Å². The summed E-state index contributed by atoms with van der Waals surface area (Å²) in [5, 5.41) is 6.81. The maximum atomic E-state index is 13.7. The zero-order valence-corrected chi connectivity index (χ0v) is 10.6. The van der Waals surface area contributed by atoms with Crippen molar-refractivity contribution in [1.82, 2.24) is 15.1 Å². The Kier molecular flexibility index (Phi) is 4.46. The van der Waals surface area contributed by atoms with Crippen LogP contribution in [0.2, 0.25) is 0 Å². The number of hydrogen-bond acceptors (Lipinski definition) is 3. The van der Waals surface area contributed by atoms with Crippen molar-refractivity contribution in [3.8, 4) is 5.75 Å². The van der Waals surface area contributed by atoms with Crippen LogP contribution in [0, 0.1) is 11.6 Å². The van der Waals surface area contributed by atoms with Crippen molar-refractivity contribution in [2.45, 2.75) is 13.1 Å². The van der Waals surface area contributed by atoms with Gasteiger partial charge in [0.15, 0.2) is 17.4 Å². The van der Waals surface area contributed by atoms with Crippen LogP contribution in [0.15, 0.2) is 30.6 Å². The summed E-state index contributed by atoms with van der Waals surface area (Å²) >= 11 is 0. The van der Waals surface area contributed by atoms with E-state index in [-0.39, 0.29) is 12.4 Å². The first kappa shape index (κ1) is 13.5. The second-order valence-electron chi connectivity index (χ2n) is 4.04. The monoisotopic (exact) mass is 267 g/mol. The highest BCUT2D eigenvalue weighted by atomic mass is 19.1. The molecule has 0 saturated heterocycles. The van der Waals surface area contributed by atoms with Gasteiger partial charge in [-0.15, -0.1) is 0 Å². The molecule has 1 aromatic carbocycles. The lowest BCUT2D eigenvalue weighted by Gasteiger charge is -2.10. The Bertz CT molecular complexity index is 506. The molecule has 0 unspecified atom stereocenters. The highest BCUT2D eigenvalue weighted by Crippen LogP contribution is 2.23. The molecule has 0 aliphatic carbocycles. The van der Waals surface area contributed by atoms with Gasteiger partial charge in [-0.1, -0.05) is 0 Å². The molecule has 2 aromatic rings. The summed E-state index contributed by atoms with van der Waals surface area (Å²) in [6, 6.07) is 4.30. The van der Waals surface area contributed by atoms with Gasteiger partial charge < -0.3 is 10.1 Å². The fourth-order valence-electron chi connectivity index (χ4n) is 1.73. The Hall–Kier alpha value is -1.95. The normalized spacial score (nSPS) is 10.7. The van der Waals surface area contributed by atoms with E-state index in [9.17, 15) is 8.78 Å². The van der Waals surface area contributed by atoms with E-state index in [1.165, 1.54) is 12.1 Å². The van der Waals surface area contributed by atoms with Crippen molar-refractivity contribution in [3.63, 3.8) is 0 Å². The third-order valence-electron chi connectivity index (χ3n) is 2.56. The number of rotatable bonds is 6. The molecule has 1 N–H and O–H groups in total. The molecule has 0 fully saturated rings. The maximum absolute atomic E-state index is 13.7. The van der Waals surface area contributed by atoms with Crippen molar-refractivity contribution in [3.05, 3.63) is 47.8 Å². The molecule has 1 aromatic heterocycles.